The lowest BCUT2D eigenvalue weighted by Crippen LogP contribution is -2.31. The van der Waals surface area contributed by atoms with Crippen molar-refractivity contribution in [2.75, 3.05) is 6.54 Å². The summed E-state index contributed by atoms with van der Waals surface area (Å²) in [5.74, 6) is 0. The van der Waals surface area contributed by atoms with E-state index >= 15 is 0 Å². The third kappa shape index (κ3) is 6.21. The van der Waals surface area contributed by atoms with Crippen LogP contribution in [0.3, 0.4) is 0 Å². The highest BCUT2D eigenvalue weighted by Gasteiger charge is 2.32. The second-order valence-corrected chi connectivity index (χ2v) is 5.76. The van der Waals surface area contributed by atoms with Crippen molar-refractivity contribution in [2.24, 2.45) is 5.41 Å². The van der Waals surface area contributed by atoms with Crippen molar-refractivity contribution in [1.29, 1.82) is 0 Å². The molecule has 2 heteroatoms. The summed E-state index contributed by atoms with van der Waals surface area (Å²) in [5, 5.41) is 3.46. The van der Waals surface area contributed by atoms with Gasteiger partial charge in [-0.1, -0.05) is 39.0 Å². The molecule has 0 heterocycles. The second kappa shape index (κ2) is 7.86. The summed E-state index contributed by atoms with van der Waals surface area (Å²) in [4.78, 5) is 11.0. The van der Waals surface area contributed by atoms with E-state index in [1.165, 1.54) is 38.4 Å². The number of rotatable bonds is 6. The highest BCUT2D eigenvalue weighted by molar-refractivity contribution is 5.59. The van der Waals surface area contributed by atoms with Gasteiger partial charge in [-0.2, -0.15) is 0 Å². The predicted octanol–water partition coefficient (Wildman–Crippen LogP) is 3.69. The van der Waals surface area contributed by atoms with Crippen molar-refractivity contribution in [1.82, 2.24) is 5.32 Å². The highest BCUT2D eigenvalue weighted by atomic mass is 16.1. The first-order valence-corrected chi connectivity index (χ1v) is 7.42. The molecule has 1 N–H and O–H groups in total. The molecule has 0 spiro atoms. The van der Waals surface area contributed by atoms with Crippen LogP contribution < -0.4 is 5.32 Å². The van der Waals surface area contributed by atoms with Crippen LogP contribution in [0, 0.1) is 5.41 Å². The van der Waals surface area contributed by atoms with Crippen LogP contribution in [0.4, 0.5) is 0 Å². The summed E-state index contributed by atoms with van der Waals surface area (Å²) < 4.78 is 0. The van der Waals surface area contributed by atoms with Gasteiger partial charge in [-0.25, -0.2) is 0 Å². The molecule has 0 aromatic rings. The van der Waals surface area contributed by atoms with Crippen LogP contribution in [0.5, 0.6) is 0 Å². The van der Waals surface area contributed by atoms with Gasteiger partial charge in [-0.3, -0.25) is 0 Å². The number of nitrogens with one attached hydrogen (secondary N) is 1. The lowest BCUT2D eigenvalue weighted by Gasteiger charge is -2.22. The third-order valence-electron chi connectivity index (χ3n) is 3.93. The van der Waals surface area contributed by atoms with Crippen molar-refractivity contribution in [2.45, 2.75) is 77.7 Å². The van der Waals surface area contributed by atoms with Crippen molar-refractivity contribution in [3.05, 3.63) is 0 Å². The third-order valence-corrected chi connectivity index (χ3v) is 3.93. The molecule has 2 aliphatic rings. The maximum absolute atomic E-state index is 11.0. The van der Waals surface area contributed by atoms with Gasteiger partial charge in [0.2, 0.25) is 0 Å². The lowest BCUT2D eigenvalue weighted by molar-refractivity contribution is -0.116. The molecule has 2 rings (SSSR count). The minimum atomic E-state index is 0.0282. The molecule has 2 aliphatic carbocycles. The van der Waals surface area contributed by atoms with Crippen LogP contribution in [-0.4, -0.2) is 18.9 Å². The molecule has 2 saturated carbocycles. The summed E-state index contributed by atoms with van der Waals surface area (Å²) in [6.45, 7) is 5.37. The van der Waals surface area contributed by atoms with Crippen LogP contribution in [0.1, 0.15) is 71.6 Å². The van der Waals surface area contributed by atoms with Gasteiger partial charge in [0.15, 0.2) is 0 Å². The minimum absolute atomic E-state index is 0.0282. The zero-order chi connectivity index (χ0) is 12.6. The quantitative estimate of drug-likeness (QED) is 0.716. The average Bonchev–Trinajstić information content (AvgIpc) is 3.17. The van der Waals surface area contributed by atoms with Gasteiger partial charge < -0.3 is 10.1 Å². The van der Waals surface area contributed by atoms with Crippen LogP contribution in [0.2, 0.25) is 0 Å². The Morgan fingerprint density at radius 2 is 1.76 bits per heavy atom. The maximum Gasteiger partial charge on any atom is 0.126 e. The van der Waals surface area contributed by atoms with E-state index in [0.29, 0.717) is 6.04 Å². The van der Waals surface area contributed by atoms with E-state index in [-0.39, 0.29) is 5.41 Å². The first-order chi connectivity index (χ1) is 8.22. The molecule has 0 amide bonds. The van der Waals surface area contributed by atoms with Gasteiger partial charge in [0.05, 0.1) is 0 Å². The SMILES string of the molecule is C1CC1.CCC(C)NCCC1(C=O)CCCC1. The zero-order valence-corrected chi connectivity index (χ0v) is 11.6. The standard InChI is InChI=1S/C12H23NO.C3H6/c1-3-11(2)13-9-8-12(10-14)6-4-5-7-12;1-2-3-1/h10-11,13H,3-9H2,1-2H3;1-3H2. The minimum Gasteiger partial charge on any atom is -0.314 e. The van der Waals surface area contributed by atoms with Gasteiger partial charge >= 0.3 is 0 Å². The maximum atomic E-state index is 11.0. The molecule has 0 bridgehead atoms. The number of aldehydes is 1. The van der Waals surface area contributed by atoms with Gasteiger partial charge in [-0.15, -0.1) is 0 Å². The molecule has 1 unspecified atom stereocenters. The first kappa shape index (κ1) is 14.7. The number of carbonyl (C=O) groups is 1. The largest absolute Gasteiger partial charge is 0.314 e. The number of carbonyl (C=O) groups excluding carboxylic acids is 1. The molecule has 2 fully saturated rings. The summed E-state index contributed by atoms with van der Waals surface area (Å²) in [5.41, 5.74) is 0.0282. The molecule has 0 aliphatic heterocycles. The smallest absolute Gasteiger partial charge is 0.126 e. The van der Waals surface area contributed by atoms with Crippen LogP contribution in [-0.2, 0) is 4.79 Å². The zero-order valence-electron chi connectivity index (χ0n) is 11.6. The first-order valence-electron chi connectivity index (χ1n) is 7.42. The van der Waals surface area contributed by atoms with Gasteiger partial charge in [0, 0.05) is 11.5 Å². The van der Waals surface area contributed by atoms with Crippen molar-refractivity contribution >= 4 is 6.29 Å². The second-order valence-electron chi connectivity index (χ2n) is 5.76. The molecule has 0 saturated heterocycles. The Morgan fingerprint density at radius 3 is 2.18 bits per heavy atom. The van der Waals surface area contributed by atoms with Crippen LogP contribution >= 0.6 is 0 Å². The van der Waals surface area contributed by atoms with E-state index in [9.17, 15) is 4.79 Å². The molecule has 17 heavy (non-hydrogen) atoms. The molecule has 0 aromatic carbocycles. The molecular formula is C15H29NO. The average molecular weight is 239 g/mol. The highest BCUT2D eigenvalue weighted by Crippen LogP contribution is 2.38. The molecular weight excluding hydrogens is 210 g/mol. The van der Waals surface area contributed by atoms with Crippen molar-refractivity contribution in [3.8, 4) is 0 Å². The summed E-state index contributed by atoms with van der Waals surface area (Å²) in [6.07, 6.45) is 12.6. The normalized spacial score (nSPS) is 22.5. The molecule has 2 nitrogen and oxygen atoms in total. The van der Waals surface area contributed by atoms with Crippen molar-refractivity contribution in [3.63, 3.8) is 0 Å². The Balaban J connectivity index is 0.000000415. The van der Waals surface area contributed by atoms with Gasteiger partial charge in [-0.05, 0) is 39.2 Å². The monoisotopic (exact) mass is 239 g/mol. The Hall–Kier alpha value is -0.370. The van der Waals surface area contributed by atoms with Gasteiger partial charge in [0.25, 0.3) is 0 Å². The Morgan fingerprint density at radius 1 is 1.18 bits per heavy atom. The molecule has 0 aromatic heterocycles. The van der Waals surface area contributed by atoms with Crippen LogP contribution in [0.15, 0.2) is 0 Å². The van der Waals surface area contributed by atoms with E-state index in [2.05, 4.69) is 19.2 Å². The Bertz CT molecular complexity index is 204. The number of hydrogen-bond donors (Lipinski definition) is 1. The fourth-order valence-electron chi connectivity index (χ4n) is 2.22. The van der Waals surface area contributed by atoms with E-state index in [1.54, 1.807) is 0 Å². The molecule has 1 atom stereocenters. The summed E-state index contributed by atoms with van der Waals surface area (Å²) in [7, 11) is 0. The summed E-state index contributed by atoms with van der Waals surface area (Å²) in [6, 6.07) is 0.583. The Kier molecular flexibility index (Phi) is 6.79. The van der Waals surface area contributed by atoms with Crippen molar-refractivity contribution < 1.29 is 4.79 Å². The predicted molar refractivity (Wildman–Crippen MR) is 73.2 cm³/mol. The number of hydrogen-bond acceptors (Lipinski definition) is 2. The van der Waals surface area contributed by atoms with E-state index < -0.39 is 0 Å². The summed E-state index contributed by atoms with van der Waals surface area (Å²) >= 11 is 0. The lowest BCUT2D eigenvalue weighted by atomic mass is 9.84. The molecule has 0 radical (unpaired) electrons. The molecule has 100 valence electrons. The fraction of sp³-hybridized carbons (Fsp3) is 0.933. The van der Waals surface area contributed by atoms with E-state index in [4.69, 9.17) is 0 Å². The Labute approximate surface area is 107 Å². The van der Waals surface area contributed by atoms with Crippen LogP contribution in [0.25, 0.3) is 0 Å². The van der Waals surface area contributed by atoms with E-state index in [1.807, 2.05) is 0 Å². The fourth-order valence-corrected chi connectivity index (χ4v) is 2.22. The van der Waals surface area contributed by atoms with E-state index in [0.717, 1.165) is 32.2 Å². The van der Waals surface area contributed by atoms with Gasteiger partial charge in [0.1, 0.15) is 6.29 Å². The topological polar surface area (TPSA) is 29.1 Å².